The number of primary amides is 1. The van der Waals surface area contributed by atoms with Gasteiger partial charge in [0.1, 0.15) is 12.4 Å². The van der Waals surface area contributed by atoms with Gasteiger partial charge in [0.15, 0.2) is 0 Å². The lowest BCUT2D eigenvalue weighted by Gasteiger charge is -2.13. The van der Waals surface area contributed by atoms with Crippen LogP contribution >= 0.6 is 15.9 Å². The Morgan fingerprint density at radius 1 is 1.00 bits per heavy atom. The van der Waals surface area contributed by atoms with Crippen LogP contribution in [-0.2, 0) is 6.61 Å². The van der Waals surface area contributed by atoms with Crippen molar-refractivity contribution in [1.29, 1.82) is 0 Å². The maximum Gasteiger partial charge on any atom is 0.259 e. The van der Waals surface area contributed by atoms with Crippen molar-refractivity contribution in [2.24, 2.45) is 5.73 Å². The zero-order valence-corrected chi connectivity index (χ0v) is 16.8. The number of carbonyl (C=O) groups excluding carboxylic acids is 2. The van der Waals surface area contributed by atoms with Crippen molar-refractivity contribution in [3.63, 3.8) is 0 Å². The Morgan fingerprint density at radius 3 is 2.50 bits per heavy atom. The first-order valence-corrected chi connectivity index (χ1v) is 9.41. The molecule has 3 aromatic rings. The first kappa shape index (κ1) is 19.6. The van der Waals surface area contributed by atoms with E-state index in [1.165, 1.54) is 0 Å². The van der Waals surface area contributed by atoms with Crippen LogP contribution in [0.4, 0.5) is 5.69 Å². The number of para-hydroxylation sites is 1. The molecular formula is C22H19BrN2O3. The summed E-state index contributed by atoms with van der Waals surface area (Å²) in [6.45, 7) is 2.11. The predicted molar refractivity (Wildman–Crippen MR) is 113 cm³/mol. The number of aryl methyl sites for hydroxylation is 1. The minimum atomic E-state index is -0.498. The van der Waals surface area contributed by atoms with Crippen molar-refractivity contribution < 1.29 is 14.3 Å². The molecule has 0 fully saturated rings. The van der Waals surface area contributed by atoms with Gasteiger partial charge in [-0.05, 0) is 60.5 Å². The van der Waals surface area contributed by atoms with E-state index in [4.69, 9.17) is 10.5 Å². The van der Waals surface area contributed by atoms with Crippen LogP contribution < -0.4 is 15.8 Å². The Kier molecular flexibility index (Phi) is 6.11. The molecule has 0 bridgehead atoms. The molecule has 2 amide bonds. The summed E-state index contributed by atoms with van der Waals surface area (Å²) in [5, 5.41) is 2.83. The van der Waals surface area contributed by atoms with Crippen molar-refractivity contribution in [2.75, 3.05) is 5.32 Å². The number of hydrogen-bond acceptors (Lipinski definition) is 3. The van der Waals surface area contributed by atoms with E-state index < -0.39 is 5.91 Å². The Bertz CT molecular complexity index is 1030. The lowest BCUT2D eigenvalue weighted by atomic mass is 10.1. The number of amides is 2. The van der Waals surface area contributed by atoms with Crippen LogP contribution in [0.15, 0.2) is 71.2 Å². The van der Waals surface area contributed by atoms with E-state index in [-0.39, 0.29) is 5.91 Å². The van der Waals surface area contributed by atoms with Crippen molar-refractivity contribution in [1.82, 2.24) is 0 Å². The monoisotopic (exact) mass is 438 g/mol. The minimum absolute atomic E-state index is 0.295. The highest BCUT2D eigenvalue weighted by molar-refractivity contribution is 9.10. The number of nitrogens with one attached hydrogen (secondary N) is 1. The third kappa shape index (κ3) is 4.78. The Hall–Kier alpha value is -3.12. The summed E-state index contributed by atoms with van der Waals surface area (Å²) in [7, 11) is 0. The Labute approximate surface area is 171 Å². The fourth-order valence-electron chi connectivity index (χ4n) is 2.78. The zero-order chi connectivity index (χ0) is 20.1. The number of hydrogen-bond donors (Lipinski definition) is 2. The molecule has 0 heterocycles. The minimum Gasteiger partial charge on any atom is -0.488 e. The van der Waals surface area contributed by atoms with Gasteiger partial charge in [0.2, 0.25) is 5.91 Å². The van der Waals surface area contributed by atoms with Gasteiger partial charge in [0.05, 0.1) is 5.56 Å². The SMILES string of the molecule is Cc1cc(NC(=O)c2ccccc2OCc2cccc(Br)c2)ccc1C(N)=O. The molecule has 0 radical (unpaired) electrons. The van der Waals surface area contributed by atoms with Gasteiger partial charge in [-0.3, -0.25) is 9.59 Å². The average molecular weight is 439 g/mol. The quantitative estimate of drug-likeness (QED) is 0.585. The number of halogens is 1. The van der Waals surface area contributed by atoms with E-state index in [1.807, 2.05) is 30.3 Å². The molecule has 0 aromatic heterocycles. The summed E-state index contributed by atoms with van der Waals surface area (Å²) < 4.78 is 6.84. The number of ether oxygens (including phenoxy) is 1. The fraction of sp³-hybridized carbons (Fsp3) is 0.0909. The number of carbonyl (C=O) groups is 2. The summed E-state index contributed by atoms with van der Waals surface area (Å²) in [4.78, 5) is 24.1. The third-order valence-electron chi connectivity index (χ3n) is 4.16. The number of nitrogens with two attached hydrogens (primary N) is 1. The first-order chi connectivity index (χ1) is 13.4. The summed E-state index contributed by atoms with van der Waals surface area (Å²) in [5.74, 6) is -0.303. The molecule has 0 aliphatic heterocycles. The zero-order valence-electron chi connectivity index (χ0n) is 15.2. The van der Waals surface area contributed by atoms with Crippen LogP contribution in [-0.4, -0.2) is 11.8 Å². The molecule has 0 saturated carbocycles. The maximum atomic E-state index is 12.7. The summed E-state index contributed by atoms with van der Waals surface area (Å²) in [6, 6.07) is 19.8. The van der Waals surface area contributed by atoms with Gasteiger partial charge >= 0.3 is 0 Å². The summed E-state index contributed by atoms with van der Waals surface area (Å²) in [5.41, 5.74) is 8.44. The van der Waals surface area contributed by atoms with Crippen molar-refractivity contribution >= 4 is 33.4 Å². The number of anilines is 1. The van der Waals surface area contributed by atoms with E-state index in [9.17, 15) is 9.59 Å². The van der Waals surface area contributed by atoms with Crippen LogP contribution in [0.5, 0.6) is 5.75 Å². The van der Waals surface area contributed by atoms with E-state index in [0.717, 1.165) is 10.0 Å². The van der Waals surface area contributed by atoms with Crippen molar-refractivity contribution in [2.45, 2.75) is 13.5 Å². The standard InChI is InChI=1S/C22H19BrN2O3/c1-14-11-17(9-10-18(14)21(24)26)25-22(27)19-7-2-3-8-20(19)28-13-15-5-4-6-16(23)12-15/h2-12H,13H2,1H3,(H2,24,26)(H,25,27). The Balaban J connectivity index is 1.75. The van der Waals surface area contributed by atoms with Gasteiger partial charge in [-0.25, -0.2) is 0 Å². The van der Waals surface area contributed by atoms with Crippen LogP contribution in [0.25, 0.3) is 0 Å². The van der Waals surface area contributed by atoms with Gasteiger partial charge in [0, 0.05) is 15.7 Å². The maximum absolute atomic E-state index is 12.7. The Morgan fingerprint density at radius 2 is 1.79 bits per heavy atom. The van der Waals surface area contributed by atoms with E-state index >= 15 is 0 Å². The summed E-state index contributed by atoms with van der Waals surface area (Å²) >= 11 is 3.43. The second-order valence-corrected chi connectivity index (χ2v) is 7.18. The molecule has 0 spiro atoms. The van der Waals surface area contributed by atoms with Crippen molar-refractivity contribution in [3.05, 3.63) is 93.5 Å². The van der Waals surface area contributed by atoms with Gasteiger partial charge < -0.3 is 15.8 Å². The molecule has 6 heteroatoms. The summed E-state index contributed by atoms with van der Waals surface area (Å²) in [6.07, 6.45) is 0. The topological polar surface area (TPSA) is 81.4 Å². The van der Waals surface area contributed by atoms with Crippen LogP contribution in [0.3, 0.4) is 0 Å². The number of rotatable bonds is 6. The van der Waals surface area contributed by atoms with E-state index in [1.54, 1.807) is 43.3 Å². The molecule has 0 unspecified atom stereocenters. The van der Waals surface area contributed by atoms with Crippen LogP contribution in [0.1, 0.15) is 31.8 Å². The predicted octanol–water partition coefficient (Wildman–Crippen LogP) is 4.69. The fourth-order valence-corrected chi connectivity index (χ4v) is 3.23. The highest BCUT2D eigenvalue weighted by Crippen LogP contribution is 2.22. The van der Waals surface area contributed by atoms with E-state index in [2.05, 4.69) is 21.2 Å². The molecular weight excluding hydrogens is 420 g/mol. The van der Waals surface area contributed by atoms with Gasteiger partial charge in [-0.1, -0.05) is 40.2 Å². The van der Waals surface area contributed by atoms with Gasteiger partial charge in [-0.2, -0.15) is 0 Å². The smallest absolute Gasteiger partial charge is 0.259 e. The van der Waals surface area contributed by atoms with Gasteiger partial charge in [0.25, 0.3) is 5.91 Å². The highest BCUT2D eigenvalue weighted by atomic mass is 79.9. The average Bonchev–Trinajstić information content (AvgIpc) is 2.66. The molecule has 0 aliphatic rings. The van der Waals surface area contributed by atoms with Crippen LogP contribution in [0.2, 0.25) is 0 Å². The molecule has 0 saturated heterocycles. The lowest BCUT2D eigenvalue weighted by molar-refractivity contribution is 0.0997. The molecule has 3 rings (SSSR count). The second-order valence-electron chi connectivity index (χ2n) is 6.26. The molecule has 0 atom stereocenters. The third-order valence-corrected chi connectivity index (χ3v) is 4.66. The first-order valence-electron chi connectivity index (χ1n) is 8.62. The molecule has 3 N–H and O–H groups in total. The van der Waals surface area contributed by atoms with Crippen LogP contribution in [0, 0.1) is 6.92 Å². The molecule has 3 aromatic carbocycles. The lowest BCUT2D eigenvalue weighted by Crippen LogP contribution is -2.15. The molecule has 5 nitrogen and oxygen atoms in total. The second kappa shape index (κ2) is 8.71. The normalized spacial score (nSPS) is 10.4. The molecule has 142 valence electrons. The largest absolute Gasteiger partial charge is 0.488 e. The van der Waals surface area contributed by atoms with Crippen molar-refractivity contribution in [3.8, 4) is 5.75 Å². The van der Waals surface area contributed by atoms with Gasteiger partial charge in [-0.15, -0.1) is 0 Å². The van der Waals surface area contributed by atoms with E-state index in [0.29, 0.717) is 34.7 Å². The number of benzene rings is 3. The highest BCUT2D eigenvalue weighted by Gasteiger charge is 2.14. The molecule has 28 heavy (non-hydrogen) atoms. The molecule has 0 aliphatic carbocycles.